The summed E-state index contributed by atoms with van der Waals surface area (Å²) in [5, 5.41) is 3.68. The first-order valence-electron chi connectivity index (χ1n) is 8.51. The van der Waals surface area contributed by atoms with E-state index < -0.39 is 6.10 Å². The lowest BCUT2D eigenvalue weighted by molar-refractivity contribution is -0.132. The molecule has 0 aliphatic rings. The normalized spacial score (nSPS) is 12.4. The minimum absolute atomic E-state index is 0.131. The summed E-state index contributed by atoms with van der Waals surface area (Å²) in [6.45, 7) is 4.80. The number of hydrogen-bond acceptors (Lipinski definition) is 5. The van der Waals surface area contributed by atoms with Gasteiger partial charge in [0.15, 0.2) is 10.8 Å². The Balaban J connectivity index is 1.57. The average Bonchev–Trinajstić information content (AvgIpc) is 3.26. The van der Waals surface area contributed by atoms with Crippen LogP contribution in [0.1, 0.15) is 32.4 Å². The van der Waals surface area contributed by atoms with Gasteiger partial charge in [-0.2, -0.15) is 0 Å². The summed E-state index contributed by atoms with van der Waals surface area (Å²) in [6.07, 6.45) is 1.56. The molecule has 1 amide bonds. The van der Waals surface area contributed by atoms with E-state index in [2.05, 4.69) is 17.2 Å². The summed E-state index contributed by atoms with van der Waals surface area (Å²) >= 11 is 1.59. The quantitative estimate of drug-likeness (QED) is 0.607. The van der Waals surface area contributed by atoms with E-state index >= 15 is 0 Å². The predicted molar refractivity (Wildman–Crippen MR) is 99.5 cm³/mol. The van der Waals surface area contributed by atoms with E-state index in [0.29, 0.717) is 18.9 Å². The zero-order valence-corrected chi connectivity index (χ0v) is 15.3. The van der Waals surface area contributed by atoms with Gasteiger partial charge in [0.05, 0.1) is 16.8 Å². The summed E-state index contributed by atoms with van der Waals surface area (Å²) in [5.74, 6) is 1.29. The van der Waals surface area contributed by atoms with Crippen LogP contribution >= 0.6 is 11.3 Å². The maximum Gasteiger partial charge on any atom is 0.249 e. The van der Waals surface area contributed by atoms with E-state index in [4.69, 9.17) is 9.15 Å². The minimum Gasteiger partial charge on any atom is -0.457 e. The lowest BCUT2D eigenvalue weighted by atomic mass is 10.3. The number of para-hydroxylation sites is 1. The molecule has 1 N–H and O–H groups in total. The van der Waals surface area contributed by atoms with Crippen molar-refractivity contribution in [2.24, 2.45) is 0 Å². The number of unbranched alkanes of at least 4 members (excludes halogenated alkanes) is 1. The summed E-state index contributed by atoms with van der Waals surface area (Å²) in [6, 6.07) is 11.8. The number of rotatable bonds is 8. The van der Waals surface area contributed by atoms with Crippen LogP contribution in [0.3, 0.4) is 0 Å². The lowest BCUT2D eigenvalue weighted by Gasteiger charge is -2.12. The average molecular weight is 358 g/mol. The van der Waals surface area contributed by atoms with Crippen LogP contribution in [-0.4, -0.2) is 23.6 Å². The molecule has 2 aromatic heterocycles. The van der Waals surface area contributed by atoms with Gasteiger partial charge in [-0.05, 0) is 37.6 Å². The number of benzene rings is 1. The molecule has 132 valence electrons. The Morgan fingerprint density at radius 3 is 2.96 bits per heavy atom. The molecule has 0 saturated carbocycles. The largest absolute Gasteiger partial charge is 0.457 e. The highest BCUT2D eigenvalue weighted by Gasteiger charge is 2.14. The van der Waals surface area contributed by atoms with Crippen LogP contribution in [0.4, 0.5) is 0 Å². The van der Waals surface area contributed by atoms with E-state index in [-0.39, 0.29) is 5.91 Å². The number of carbonyl (C=O) groups is 1. The van der Waals surface area contributed by atoms with Gasteiger partial charge in [-0.1, -0.05) is 25.5 Å². The maximum atomic E-state index is 12.0. The van der Waals surface area contributed by atoms with Crippen molar-refractivity contribution < 1.29 is 13.9 Å². The van der Waals surface area contributed by atoms with Crippen LogP contribution in [0.25, 0.3) is 21.0 Å². The van der Waals surface area contributed by atoms with Crippen LogP contribution in [0.15, 0.2) is 40.8 Å². The maximum absolute atomic E-state index is 12.0. The lowest BCUT2D eigenvalue weighted by Crippen LogP contribution is -2.34. The third-order valence-corrected chi connectivity index (χ3v) is 4.89. The Hall–Kier alpha value is -2.18. The van der Waals surface area contributed by atoms with E-state index in [1.54, 1.807) is 18.3 Å². The Bertz CT molecular complexity index is 807. The summed E-state index contributed by atoms with van der Waals surface area (Å²) < 4.78 is 12.4. The molecule has 0 fully saturated rings. The molecule has 0 spiro atoms. The number of nitrogens with one attached hydrogen (secondary N) is 1. The highest BCUT2D eigenvalue weighted by atomic mass is 32.1. The van der Waals surface area contributed by atoms with Crippen molar-refractivity contribution in [2.75, 3.05) is 6.61 Å². The van der Waals surface area contributed by atoms with Crippen molar-refractivity contribution >= 4 is 27.5 Å². The molecule has 1 aromatic carbocycles. The molecule has 0 unspecified atom stereocenters. The molecule has 5 nitrogen and oxygen atoms in total. The van der Waals surface area contributed by atoms with Crippen LogP contribution in [0.5, 0.6) is 0 Å². The van der Waals surface area contributed by atoms with E-state index in [1.165, 1.54) is 0 Å². The van der Waals surface area contributed by atoms with Crippen molar-refractivity contribution in [3.05, 3.63) is 42.2 Å². The fraction of sp³-hybridized carbons (Fsp3) is 0.368. The number of carbonyl (C=O) groups excluding carboxylic acids is 1. The first-order chi connectivity index (χ1) is 12.2. The number of amides is 1. The van der Waals surface area contributed by atoms with Crippen molar-refractivity contribution in [2.45, 2.75) is 39.3 Å². The van der Waals surface area contributed by atoms with Gasteiger partial charge in [0, 0.05) is 6.61 Å². The third-order valence-electron chi connectivity index (χ3n) is 3.84. The molecule has 25 heavy (non-hydrogen) atoms. The van der Waals surface area contributed by atoms with Crippen LogP contribution in [0.2, 0.25) is 0 Å². The molecule has 3 rings (SSSR count). The standard InChI is InChI=1S/C19H22N2O3S/c1-3-4-11-23-13(2)18(22)20-12-14-9-10-16(24-14)19-21-15-7-5-6-8-17(15)25-19/h5-10,13H,3-4,11-12H2,1-2H3,(H,20,22)/t13-/m0/s1. The molecule has 0 bridgehead atoms. The second-order valence-corrected chi connectivity index (χ2v) is 6.87. The number of nitrogens with zero attached hydrogens (tertiary/aromatic N) is 1. The molecule has 0 radical (unpaired) electrons. The van der Waals surface area contributed by atoms with Crippen molar-refractivity contribution in [3.8, 4) is 10.8 Å². The first kappa shape index (κ1) is 17.6. The first-order valence-corrected chi connectivity index (χ1v) is 9.33. The second kappa shape index (κ2) is 8.27. The molecular formula is C19H22N2O3S. The molecule has 3 aromatic rings. The van der Waals surface area contributed by atoms with Crippen molar-refractivity contribution in [1.82, 2.24) is 10.3 Å². The number of hydrogen-bond donors (Lipinski definition) is 1. The third kappa shape index (κ3) is 4.46. The Labute approximate surface area is 151 Å². The Morgan fingerprint density at radius 2 is 2.16 bits per heavy atom. The molecule has 0 saturated heterocycles. The van der Waals surface area contributed by atoms with Crippen LogP contribution in [0, 0.1) is 0 Å². The van der Waals surface area contributed by atoms with E-state index in [9.17, 15) is 4.79 Å². The zero-order valence-electron chi connectivity index (χ0n) is 14.5. The van der Waals surface area contributed by atoms with Crippen molar-refractivity contribution in [3.63, 3.8) is 0 Å². The molecule has 0 aliphatic heterocycles. The van der Waals surface area contributed by atoms with Gasteiger partial charge in [0.1, 0.15) is 11.9 Å². The van der Waals surface area contributed by atoms with Gasteiger partial charge in [-0.25, -0.2) is 4.98 Å². The Morgan fingerprint density at radius 1 is 1.32 bits per heavy atom. The zero-order chi connectivity index (χ0) is 17.6. The summed E-state index contributed by atoms with van der Waals surface area (Å²) in [7, 11) is 0. The molecule has 0 aliphatic carbocycles. The monoisotopic (exact) mass is 358 g/mol. The van der Waals surface area contributed by atoms with E-state index in [0.717, 1.165) is 33.8 Å². The van der Waals surface area contributed by atoms with Gasteiger partial charge < -0.3 is 14.5 Å². The highest BCUT2D eigenvalue weighted by Crippen LogP contribution is 2.31. The van der Waals surface area contributed by atoms with Gasteiger partial charge in [0.2, 0.25) is 5.91 Å². The van der Waals surface area contributed by atoms with Crippen LogP contribution < -0.4 is 5.32 Å². The number of thiazole rings is 1. The molecular weight excluding hydrogens is 336 g/mol. The summed E-state index contributed by atoms with van der Waals surface area (Å²) in [5.41, 5.74) is 0.965. The fourth-order valence-electron chi connectivity index (χ4n) is 2.36. The van der Waals surface area contributed by atoms with Gasteiger partial charge in [-0.15, -0.1) is 11.3 Å². The number of ether oxygens (including phenoxy) is 1. The SMILES string of the molecule is CCCCO[C@@H](C)C(=O)NCc1ccc(-c2nc3ccccc3s2)o1. The van der Waals surface area contributed by atoms with Crippen LogP contribution in [-0.2, 0) is 16.1 Å². The number of aromatic nitrogens is 1. The number of fused-ring (bicyclic) bond motifs is 1. The van der Waals surface area contributed by atoms with E-state index in [1.807, 2.05) is 36.4 Å². The molecule has 1 atom stereocenters. The fourth-order valence-corrected chi connectivity index (χ4v) is 3.29. The Kier molecular flexibility index (Phi) is 5.83. The molecule has 2 heterocycles. The van der Waals surface area contributed by atoms with Crippen molar-refractivity contribution in [1.29, 1.82) is 0 Å². The van der Waals surface area contributed by atoms with Gasteiger partial charge in [0.25, 0.3) is 0 Å². The second-order valence-electron chi connectivity index (χ2n) is 5.84. The predicted octanol–water partition coefficient (Wildman–Crippen LogP) is 4.38. The number of furan rings is 1. The van der Waals surface area contributed by atoms with Gasteiger partial charge in [-0.3, -0.25) is 4.79 Å². The smallest absolute Gasteiger partial charge is 0.249 e. The highest BCUT2D eigenvalue weighted by molar-refractivity contribution is 7.21. The topological polar surface area (TPSA) is 64.4 Å². The minimum atomic E-state index is -0.453. The summed E-state index contributed by atoms with van der Waals surface area (Å²) in [4.78, 5) is 16.6. The van der Waals surface area contributed by atoms with Gasteiger partial charge >= 0.3 is 0 Å². The molecule has 6 heteroatoms.